The highest BCUT2D eigenvalue weighted by atomic mass is 16.5. The molecule has 9 heteroatoms. The van der Waals surface area contributed by atoms with Crippen LogP contribution in [-0.4, -0.2) is 54.0 Å². The summed E-state index contributed by atoms with van der Waals surface area (Å²) in [6.07, 6.45) is 7.45. The van der Waals surface area contributed by atoms with Crippen LogP contribution in [-0.2, 0) is 4.74 Å². The van der Waals surface area contributed by atoms with Crippen molar-refractivity contribution in [3.8, 4) is 33.9 Å². The van der Waals surface area contributed by atoms with Gasteiger partial charge >= 0.3 is 0 Å². The van der Waals surface area contributed by atoms with E-state index in [1.807, 2.05) is 59.1 Å². The lowest BCUT2D eigenvalue weighted by Gasteiger charge is -2.23. The summed E-state index contributed by atoms with van der Waals surface area (Å²) in [6.45, 7) is 1.54. The highest BCUT2D eigenvalue weighted by Gasteiger charge is 2.17. The van der Waals surface area contributed by atoms with E-state index in [9.17, 15) is 0 Å². The molecule has 1 aromatic carbocycles. The van der Waals surface area contributed by atoms with Gasteiger partial charge in [-0.3, -0.25) is 9.50 Å². The molecule has 0 radical (unpaired) electrons. The molecule has 1 fully saturated rings. The molecule has 9 nitrogen and oxygen atoms in total. The molecule has 2 N–H and O–H groups in total. The molecule has 6 rings (SSSR count). The molecule has 0 amide bonds. The molecule has 0 aliphatic carbocycles. The number of aromatic nitrogens is 7. The Morgan fingerprint density at radius 2 is 1.88 bits per heavy atom. The van der Waals surface area contributed by atoms with Gasteiger partial charge in [0.05, 0.1) is 23.1 Å². The molecular weight excluding hydrogens is 416 g/mol. The number of fused-ring (bicyclic) bond motifs is 1. The predicted octanol–water partition coefficient (Wildman–Crippen LogP) is 3.83. The zero-order chi connectivity index (χ0) is 22.0. The van der Waals surface area contributed by atoms with Gasteiger partial charge in [-0.25, -0.2) is 9.97 Å². The third kappa shape index (κ3) is 3.83. The predicted molar refractivity (Wildman–Crippen MR) is 124 cm³/mol. The van der Waals surface area contributed by atoms with Gasteiger partial charge in [0.15, 0.2) is 11.5 Å². The quantitative estimate of drug-likeness (QED) is 0.429. The highest BCUT2D eigenvalue weighted by Crippen LogP contribution is 2.30. The smallest absolute Gasteiger partial charge is 0.223 e. The number of nitrogens with zero attached hydrogens (tertiary/aromatic N) is 6. The molecule has 0 unspecified atom stereocenters. The Bertz CT molecular complexity index is 1390. The van der Waals surface area contributed by atoms with E-state index >= 15 is 0 Å². The number of pyridine rings is 1. The molecule has 0 bridgehead atoms. The number of anilines is 1. The first-order chi connectivity index (χ1) is 16.3. The van der Waals surface area contributed by atoms with Gasteiger partial charge in [0.1, 0.15) is 0 Å². The van der Waals surface area contributed by atoms with Crippen molar-refractivity contribution < 1.29 is 4.74 Å². The fourth-order valence-electron chi connectivity index (χ4n) is 4.13. The molecule has 1 aliphatic heterocycles. The molecule has 5 aromatic rings. The summed E-state index contributed by atoms with van der Waals surface area (Å²) in [5, 5.41) is 19.6. The Labute approximate surface area is 189 Å². The molecule has 1 saturated heterocycles. The van der Waals surface area contributed by atoms with Gasteiger partial charge < -0.3 is 10.1 Å². The molecule has 5 heterocycles. The number of rotatable bonds is 5. The second-order valence-corrected chi connectivity index (χ2v) is 7.99. The summed E-state index contributed by atoms with van der Waals surface area (Å²) < 4.78 is 7.39. The van der Waals surface area contributed by atoms with Crippen LogP contribution >= 0.6 is 0 Å². The lowest BCUT2D eigenvalue weighted by Crippen LogP contribution is -2.28. The average Bonchev–Trinajstić information content (AvgIpc) is 3.52. The maximum atomic E-state index is 5.43. The first-order valence-corrected chi connectivity index (χ1v) is 11.0. The molecule has 164 valence electrons. The van der Waals surface area contributed by atoms with Crippen LogP contribution < -0.4 is 5.32 Å². The van der Waals surface area contributed by atoms with Crippen LogP contribution in [0.1, 0.15) is 12.8 Å². The van der Waals surface area contributed by atoms with Crippen LogP contribution in [0.2, 0.25) is 0 Å². The van der Waals surface area contributed by atoms with Crippen LogP contribution in [0, 0.1) is 0 Å². The van der Waals surface area contributed by atoms with Crippen molar-refractivity contribution in [3.63, 3.8) is 0 Å². The van der Waals surface area contributed by atoms with Gasteiger partial charge in [-0.1, -0.05) is 30.3 Å². The number of ether oxygens (including phenoxy) is 1. The topological polar surface area (TPSA) is 106 Å². The second kappa shape index (κ2) is 8.44. The van der Waals surface area contributed by atoms with E-state index in [4.69, 9.17) is 9.72 Å². The third-order valence-electron chi connectivity index (χ3n) is 5.86. The second-order valence-electron chi connectivity index (χ2n) is 7.99. The van der Waals surface area contributed by atoms with Gasteiger partial charge in [0.2, 0.25) is 5.95 Å². The fraction of sp³-hybridized carbons (Fsp3) is 0.208. The number of benzene rings is 1. The summed E-state index contributed by atoms with van der Waals surface area (Å²) >= 11 is 0. The number of hydrogen-bond acceptors (Lipinski definition) is 7. The van der Waals surface area contributed by atoms with Crippen molar-refractivity contribution in [3.05, 3.63) is 67.1 Å². The molecule has 0 atom stereocenters. The minimum atomic E-state index is 0.337. The van der Waals surface area contributed by atoms with E-state index in [2.05, 4.69) is 30.7 Å². The van der Waals surface area contributed by atoms with Crippen LogP contribution in [0.25, 0.3) is 39.5 Å². The average molecular weight is 438 g/mol. The number of nitrogens with one attached hydrogen (secondary N) is 2. The van der Waals surface area contributed by atoms with Gasteiger partial charge in [-0.2, -0.15) is 5.10 Å². The van der Waals surface area contributed by atoms with Crippen LogP contribution in [0.3, 0.4) is 0 Å². The van der Waals surface area contributed by atoms with Crippen molar-refractivity contribution >= 4 is 11.6 Å². The van der Waals surface area contributed by atoms with Crippen molar-refractivity contribution in [2.45, 2.75) is 18.9 Å². The first kappa shape index (κ1) is 19.6. The standard InChI is InChI=1S/C24H22N8O/c1-2-4-16(5-3-1)22-19(15-26-30-22)23-31-29-21-14-17(7-11-32(21)23)20-6-10-25-24(28-20)27-18-8-12-33-13-9-18/h1-7,10-11,14-15,18H,8-9,12-13H2,(H,26,30)(H,25,27,28). The van der Waals surface area contributed by atoms with Crippen LogP contribution in [0.5, 0.6) is 0 Å². The summed E-state index contributed by atoms with van der Waals surface area (Å²) in [5.41, 5.74) is 5.37. The number of H-pyrrole nitrogens is 1. The molecule has 33 heavy (non-hydrogen) atoms. The number of aromatic amines is 1. The lowest BCUT2D eigenvalue weighted by atomic mass is 10.1. The van der Waals surface area contributed by atoms with Crippen molar-refractivity contribution in [2.75, 3.05) is 18.5 Å². The van der Waals surface area contributed by atoms with Gasteiger partial charge in [-0.15, -0.1) is 10.2 Å². The maximum absolute atomic E-state index is 5.43. The third-order valence-corrected chi connectivity index (χ3v) is 5.86. The number of hydrogen-bond donors (Lipinski definition) is 2. The molecule has 1 aliphatic rings. The van der Waals surface area contributed by atoms with Gasteiger partial charge in [0, 0.05) is 42.8 Å². The van der Waals surface area contributed by atoms with E-state index in [0.717, 1.165) is 65.6 Å². The monoisotopic (exact) mass is 438 g/mol. The maximum Gasteiger partial charge on any atom is 0.223 e. The summed E-state index contributed by atoms with van der Waals surface area (Å²) in [6, 6.07) is 16.3. The molecule has 0 saturated carbocycles. The van der Waals surface area contributed by atoms with Crippen molar-refractivity contribution in [2.24, 2.45) is 0 Å². The molecular formula is C24H22N8O. The minimum absolute atomic E-state index is 0.337. The fourth-order valence-corrected chi connectivity index (χ4v) is 4.13. The normalized spacial score (nSPS) is 14.5. The largest absolute Gasteiger partial charge is 0.381 e. The summed E-state index contributed by atoms with van der Waals surface area (Å²) in [7, 11) is 0. The SMILES string of the molecule is c1ccc(-c2[nH]ncc2-c2nnc3cc(-c4ccnc(NC5CCOCC5)n4)ccn23)cc1. The van der Waals surface area contributed by atoms with E-state index in [0.29, 0.717) is 12.0 Å². The lowest BCUT2D eigenvalue weighted by molar-refractivity contribution is 0.0903. The van der Waals surface area contributed by atoms with Crippen LogP contribution in [0.15, 0.2) is 67.1 Å². The Balaban J connectivity index is 1.31. The van der Waals surface area contributed by atoms with E-state index in [-0.39, 0.29) is 0 Å². The van der Waals surface area contributed by atoms with E-state index in [1.165, 1.54) is 0 Å². The van der Waals surface area contributed by atoms with Crippen LogP contribution in [0.4, 0.5) is 5.95 Å². The first-order valence-electron chi connectivity index (χ1n) is 11.0. The van der Waals surface area contributed by atoms with Crippen molar-refractivity contribution in [1.29, 1.82) is 0 Å². The van der Waals surface area contributed by atoms with E-state index < -0.39 is 0 Å². The van der Waals surface area contributed by atoms with Crippen molar-refractivity contribution in [1.82, 2.24) is 34.8 Å². The summed E-state index contributed by atoms with van der Waals surface area (Å²) in [5.74, 6) is 1.36. The highest BCUT2D eigenvalue weighted by molar-refractivity contribution is 5.78. The Kier molecular flexibility index (Phi) is 5.00. The molecule has 4 aromatic heterocycles. The van der Waals surface area contributed by atoms with Gasteiger partial charge in [0.25, 0.3) is 0 Å². The zero-order valence-corrected chi connectivity index (χ0v) is 17.8. The minimum Gasteiger partial charge on any atom is -0.381 e. The van der Waals surface area contributed by atoms with E-state index in [1.54, 1.807) is 12.4 Å². The zero-order valence-electron chi connectivity index (χ0n) is 17.8. The Morgan fingerprint density at radius 3 is 2.76 bits per heavy atom. The Morgan fingerprint density at radius 1 is 1.00 bits per heavy atom. The Hall–Kier alpha value is -4.11. The summed E-state index contributed by atoms with van der Waals surface area (Å²) in [4.78, 5) is 9.11. The van der Waals surface area contributed by atoms with Gasteiger partial charge in [-0.05, 0) is 31.0 Å². The molecule has 0 spiro atoms.